The zero-order valence-electron chi connectivity index (χ0n) is 16.4. The number of rotatable bonds is 9. The van der Waals surface area contributed by atoms with Crippen LogP contribution in [0.2, 0.25) is 0 Å². The predicted molar refractivity (Wildman–Crippen MR) is 116 cm³/mol. The van der Waals surface area contributed by atoms with Crippen molar-refractivity contribution in [3.05, 3.63) is 108 Å². The Morgan fingerprint density at radius 2 is 1.50 bits per heavy atom. The maximum Gasteiger partial charge on any atom is 0.326 e. The van der Waals surface area contributed by atoms with Gasteiger partial charge in [0.05, 0.1) is 0 Å². The van der Waals surface area contributed by atoms with Gasteiger partial charge in [-0.2, -0.15) is 0 Å². The highest BCUT2D eigenvalue weighted by molar-refractivity contribution is 5.94. The van der Waals surface area contributed by atoms with Gasteiger partial charge in [-0.1, -0.05) is 72.8 Å². The Labute approximate surface area is 175 Å². The third-order valence-corrected chi connectivity index (χ3v) is 4.45. The minimum atomic E-state index is -1.07. The minimum Gasteiger partial charge on any atom is -0.489 e. The van der Waals surface area contributed by atoms with Gasteiger partial charge in [0.1, 0.15) is 18.4 Å². The summed E-state index contributed by atoms with van der Waals surface area (Å²) in [7, 11) is 0. The number of ether oxygens (including phenoxy) is 1. The molecule has 0 aromatic heterocycles. The van der Waals surface area contributed by atoms with Crippen LogP contribution in [0.4, 0.5) is 0 Å². The fourth-order valence-electron chi connectivity index (χ4n) is 2.85. The SMILES string of the molecule is O=C(C=Cc1ccc(COc2ccccc2)cc1)N[C@@H](Cc1ccccc1)C(=O)O. The van der Waals surface area contributed by atoms with Crippen LogP contribution in [0.1, 0.15) is 16.7 Å². The molecule has 152 valence electrons. The molecule has 0 aliphatic heterocycles. The maximum atomic E-state index is 12.2. The second-order valence-corrected chi connectivity index (χ2v) is 6.77. The van der Waals surface area contributed by atoms with Gasteiger partial charge in [-0.25, -0.2) is 4.79 Å². The van der Waals surface area contributed by atoms with E-state index in [4.69, 9.17) is 4.74 Å². The second-order valence-electron chi connectivity index (χ2n) is 6.77. The van der Waals surface area contributed by atoms with Crippen LogP contribution in [0.3, 0.4) is 0 Å². The molecule has 5 heteroatoms. The first-order chi connectivity index (χ1) is 14.6. The van der Waals surface area contributed by atoms with Crippen molar-refractivity contribution in [2.45, 2.75) is 19.1 Å². The molecule has 0 bridgehead atoms. The Morgan fingerprint density at radius 3 is 2.13 bits per heavy atom. The normalized spacial score (nSPS) is 11.7. The number of benzene rings is 3. The van der Waals surface area contributed by atoms with Gasteiger partial charge in [0.25, 0.3) is 0 Å². The molecule has 3 rings (SSSR count). The van der Waals surface area contributed by atoms with Crippen LogP contribution in [0, 0.1) is 0 Å². The van der Waals surface area contributed by atoms with Gasteiger partial charge in [-0.05, 0) is 34.9 Å². The fourth-order valence-corrected chi connectivity index (χ4v) is 2.85. The average Bonchev–Trinajstić information content (AvgIpc) is 2.78. The van der Waals surface area contributed by atoms with Crippen molar-refractivity contribution in [3.63, 3.8) is 0 Å². The third-order valence-electron chi connectivity index (χ3n) is 4.45. The highest BCUT2D eigenvalue weighted by Gasteiger charge is 2.19. The Balaban J connectivity index is 1.52. The van der Waals surface area contributed by atoms with Crippen LogP contribution < -0.4 is 10.1 Å². The summed E-state index contributed by atoms with van der Waals surface area (Å²) in [6.07, 6.45) is 3.22. The van der Waals surface area contributed by atoms with E-state index >= 15 is 0 Å². The number of para-hydroxylation sites is 1. The molecule has 2 N–H and O–H groups in total. The van der Waals surface area contributed by atoms with Crippen LogP contribution in [0.25, 0.3) is 6.08 Å². The maximum absolute atomic E-state index is 12.2. The molecule has 0 spiro atoms. The molecular formula is C25H23NO4. The van der Waals surface area contributed by atoms with Crippen LogP contribution in [-0.4, -0.2) is 23.0 Å². The molecule has 1 amide bonds. The third kappa shape index (κ3) is 6.63. The van der Waals surface area contributed by atoms with Crippen molar-refractivity contribution in [1.29, 1.82) is 0 Å². The summed E-state index contributed by atoms with van der Waals surface area (Å²) in [6.45, 7) is 0.453. The number of carboxylic acids is 1. The summed E-state index contributed by atoms with van der Waals surface area (Å²) in [5.41, 5.74) is 2.69. The largest absolute Gasteiger partial charge is 0.489 e. The standard InChI is InChI=1S/C25H23NO4/c27-24(26-23(25(28)29)17-20-7-3-1-4-8-20)16-15-19-11-13-21(14-12-19)18-30-22-9-5-2-6-10-22/h1-16,23H,17-18H2,(H,26,27)(H,28,29)/t23-/m0/s1. The van der Waals surface area contributed by atoms with Gasteiger partial charge in [-0.15, -0.1) is 0 Å². The van der Waals surface area contributed by atoms with Gasteiger partial charge in [0.2, 0.25) is 5.91 Å². The Kier molecular flexibility index (Phi) is 7.39. The van der Waals surface area contributed by atoms with Crippen molar-refractivity contribution in [2.75, 3.05) is 0 Å². The van der Waals surface area contributed by atoms with Crippen molar-refractivity contribution in [3.8, 4) is 5.75 Å². The van der Waals surface area contributed by atoms with Gasteiger partial charge in [-0.3, -0.25) is 4.79 Å². The molecular weight excluding hydrogens is 378 g/mol. The van der Waals surface area contributed by atoms with Crippen molar-refractivity contribution >= 4 is 18.0 Å². The highest BCUT2D eigenvalue weighted by Crippen LogP contribution is 2.13. The number of amides is 1. The topological polar surface area (TPSA) is 75.6 Å². The Bertz CT molecular complexity index is 983. The summed E-state index contributed by atoms with van der Waals surface area (Å²) < 4.78 is 5.71. The van der Waals surface area contributed by atoms with Crippen molar-refractivity contribution < 1.29 is 19.4 Å². The van der Waals surface area contributed by atoms with Gasteiger partial charge in [0.15, 0.2) is 0 Å². The molecule has 0 heterocycles. The zero-order chi connectivity index (χ0) is 21.2. The van der Waals surface area contributed by atoms with Crippen LogP contribution in [-0.2, 0) is 22.6 Å². The van der Waals surface area contributed by atoms with Gasteiger partial charge >= 0.3 is 5.97 Å². The number of carboxylic acid groups (broad SMARTS) is 1. The molecule has 3 aromatic rings. The number of hydrogen-bond donors (Lipinski definition) is 2. The highest BCUT2D eigenvalue weighted by atomic mass is 16.5. The quantitative estimate of drug-likeness (QED) is 0.530. The lowest BCUT2D eigenvalue weighted by atomic mass is 10.1. The lowest BCUT2D eigenvalue weighted by Crippen LogP contribution is -2.41. The first-order valence-electron chi connectivity index (χ1n) is 9.62. The molecule has 0 fully saturated rings. The Hall–Kier alpha value is -3.86. The number of carbonyl (C=O) groups excluding carboxylic acids is 1. The summed E-state index contributed by atoms with van der Waals surface area (Å²) in [6, 6.07) is 25.4. The molecule has 30 heavy (non-hydrogen) atoms. The van der Waals surface area contributed by atoms with Crippen molar-refractivity contribution in [1.82, 2.24) is 5.32 Å². The summed E-state index contributed by atoms with van der Waals surface area (Å²) in [4.78, 5) is 23.6. The van der Waals surface area contributed by atoms with E-state index in [0.717, 1.165) is 22.4 Å². The fraction of sp³-hybridized carbons (Fsp3) is 0.120. The first-order valence-corrected chi connectivity index (χ1v) is 9.62. The second kappa shape index (κ2) is 10.6. The molecule has 0 aliphatic carbocycles. The van der Waals surface area contributed by atoms with E-state index in [1.54, 1.807) is 6.08 Å². The number of nitrogens with one attached hydrogen (secondary N) is 1. The monoisotopic (exact) mass is 401 g/mol. The predicted octanol–water partition coefficient (Wildman–Crippen LogP) is 4.09. The van der Waals surface area contributed by atoms with Crippen LogP contribution in [0.15, 0.2) is 91.0 Å². The van der Waals surface area contributed by atoms with E-state index < -0.39 is 17.9 Å². The van der Waals surface area contributed by atoms with E-state index in [1.807, 2.05) is 84.9 Å². The smallest absolute Gasteiger partial charge is 0.326 e. The first kappa shape index (κ1) is 20.9. The minimum absolute atomic E-state index is 0.228. The number of hydrogen-bond acceptors (Lipinski definition) is 3. The van der Waals surface area contributed by atoms with Crippen LogP contribution in [0.5, 0.6) is 5.75 Å². The number of carbonyl (C=O) groups is 2. The molecule has 0 radical (unpaired) electrons. The van der Waals surface area contributed by atoms with Crippen LogP contribution >= 0.6 is 0 Å². The molecule has 0 saturated carbocycles. The molecule has 1 atom stereocenters. The molecule has 0 unspecified atom stereocenters. The van der Waals surface area contributed by atoms with E-state index in [-0.39, 0.29) is 6.42 Å². The Morgan fingerprint density at radius 1 is 0.867 bits per heavy atom. The summed E-state index contributed by atoms with van der Waals surface area (Å²) in [5.74, 6) is -0.708. The van der Waals surface area contributed by atoms with E-state index in [2.05, 4.69) is 5.32 Å². The molecule has 0 saturated heterocycles. The average molecular weight is 401 g/mol. The molecule has 3 aromatic carbocycles. The van der Waals surface area contributed by atoms with Gasteiger partial charge < -0.3 is 15.2 Å². The van der Waals surface area contributed by atoms with E-state index in [9.17, 15) is 14.7 Å². The van der Waals surface area contributed by atoms with Gasteiger partial charge in [0, 0.05) is 12.5 Å². The number of aliphatic carboxylic acids is 1. The summed E-state index contributed by atoms with van der Waals surface area (Å²) >= 11 is 0. The van der Waals surface area contributed by atoms with E-state index in [1.165, 1.54) is 6.08 Å². The summed E-state index contributed by atoms with van der Waals surface area (Å²) in [5, 5.41) is 11.9. The zero-order valence-corrected chi connectivity index (χ0v) is 16.4. The van der Waals surface area contributed by atoms with E-state index in [0.29, 0.717) is 6.61 Å². The molecule has 5 nitrogen and oxygen atoms in total. The molecule has 0 aliphatic rings. The lowest BCUT2D eigenvalue weighted by molar-refractivity contribution is -0.141. The lowest BCUT2D eigenvalue weighted by Gasteiger charge is -2.13. The van der Waals surface area contributed by atoms with Crippen molar-refractivity contribution in [2.24, 2.45) is 0 Å².